The normalized spacial score (nSPS) is 26.9. The Morgan fingerprint density at radius 1 is 0.708 bits per heavy atom. The molecule has 640 valence electrons. The highest BCUT2D eigenvalue weighted by atomic mass is 19.2. The highest BCUT2D eigenvalue weighted by molar-refractivity contribution is 6.41. The Hall–Kier alpha value is -7.10. The average Bonchev–Trinajstić information content (AvgIpc) is 1.29. The smallest absolute Gasteiger partial charge is 0.481 e. The molecule has 0 radical (unpaired) electrons. The second kappa shape index (κ2) is 48.4. The summed E-state index contributed by atoms with van der Waals surface area (Å²) in [5.74, 6) is -12.8. The predicted molar refractivity (Wildman–Crippen MR) is 395 cm³/mol. The van der Waals surface area contributed by atoms with Gasteiger partial charge in [-0.05, 0) is 82.9 Å². The first-order chi connectivity index (χ1) is 53.6. The largest absolute Gasteiger partial charge is 0.677 e. The predicted octanol–water partition coefficient (Wildman–Crippen LogP) is -2.01. The van der Waals surface area contributed by atoms with Crippen molar-refractivity contribution in [1.29, 1.82) is 0 Å². The van der Waals surface area contributed by atoms with Gasteiger partial charge in [-0.1, -0.05) is 89.4 Å². The topological polar surface area (TPSA) is 582 Å². The number of unbranched alkanes of at least 4 members (excludes halogenated alkanes) is 12. The van der Waals surface area contributed by atoms with Crippen molar-refractivity contribution in [3.05, 3.63) is 47.3 Å². The summed E-state index contributed by atoms with van der Waals surface area (Å²) in [5.41, 5.74) is 1.86. The second-order valence-electron chi connectivity index (χ2n) is 29.1. The van der Waals surface area contributed by atoms with Crippen molar-refractivity contribution in [3.8, 4) is 0 Å². The summed E-state index contributed by atoms with van der Waals surface area (Å²) in [6.07, 6.45) is -15.1. The average molecular weight is 1620 g/mol. The van der Waals surface area contributed by atoms with Gasteiger partial charge in [0, 0.05) is 69.6 Å². The SMILES string of the molecule is CCCCCCCCCCCCC/C=C/C(O)[C@H](CO[C@@H]1O[C@H](CO)[C@@H](O[C@@H]2O[C@H](CO)[C@H](O)[C@H](O[C@@]3(C(=O)O)C[C@H](O)[C@@H](NC(C)=O)[C@H]([C@H](O)[C@H](O)CO)O3)[C@H]2O)[C@H](O)[C@H]1O)NC(=O)[C@H](CCCCNC(=O)CC[C@H](NC(=O)[C@H](CCC(=O)O)NC(C)=O)C(=O)O)NC(=O)CCC1=NC(Cc2c(C)cc(C)n2B(F)F)C=C1. The zero-order valence-corrected chi connectivity index (χ0v) is 64.4. The summed E-state index contributed by atoms with van der Waals surface area (Å²) in [6, 6.07) is -6.48. The summed E-state index contributed by atoms with van der Waals surface area (Å²) >= 11 is 0. The van der Waals surface area contributed by atoms with E-state index in [1.807, 2.05) is 0 Å². The van der Waals surface area contributed by atoms with Gasteiger partial charge in [0.15, 0.2) is 12.6 Å². The van der Waals surface area contributed by atoms with Crippen LogP contribution >= 0.6 is 0 Å². The maximum Gasteiger partial charge on any atom is 0.677 e. The van der Waals surface area contributed by atoms with E-state index >= 15 is 0 Å². The minimum absolute atomic E-state index is 0.0378. The van der Waals surface area contributed by atoms with Gasteiger partial charge in [0.2, 0.25) is 35.4 Å². The fraction of sp³-hybridized carbons (Fsp3) is 0.753. The number of aliphatic hydroxyl groups excluding tert-OH is 11. The molecule has 0 spiro atoms. The van der Waals surface area contributed by atoms with Crippen molar-refractivity contribution < 1.29 is 152 Å². The molecule has 4 aliphatic heterocycles. The Labute approximate surface area is 653 Å². The number of amides is 6. The van der Waals surface area contributed by atoms with Gasteiger partial charge >= 0.3 is 25.3 Å². The first-order valence-electron chi connectivity index (χ1n) is 38.6. The molecule has 0 aromatic carbocycles. The molecule has 1 aromatic heterocycles. The monoisotopic (exact) mass is 1620 g/mol. The van der Waals surface area contributed by atoms with Gasteiger partial charge in [0.05, 0.1) is 56.8 Å². The lowest BCUT2D eigenvalue weighted by Crippen LogP contribution is -2.70. The van der Waals surface area contributed by atoms with Gasteiger partial charge in [0.25, 0.3) is 5.79 Å². The van der Waals surface area contributed by atoms with Crippen molar-refractivity contribution in [2.45, 2.75) is 316 Å². The van der Waals surface area contributed by atoms with E-state index in [1.165, 1.54) is 31.8 Å². The molecule has 20 N–H and O–H groups in total. The minimum Gasteiger partial charge on any atom is -0.481 e. The van der Waals surface area contributed by atoms with Crippen molar-refractivity contribution >= 4 is 66.5 Å². The van der Waals surface area contributed by atoms with E-state index in [-0.39, 0.29) is 51.5 Å². The maximum absolute atomic E-state index is 14.8. The van der Waals surface area contributed by atoms with Gasteiger partial charge in [-0.3, -0.25) is 47.2 Å². The molecule has 5 rings (SSSR count). The first-order valence-corrected chi connectivity index (χ1v) is 38.6. The number of nitrogens with one attached hydrogen (secondary N) is 6. The molecule has 2 unspecified atom stereocenters. The van der Waals surface area contributed by atoms with E-state index in [0.717, 1.165) is 63.3 Å². The van der Waals surface area contributed by atoms with Crippen LogP contribution in [0.1, 0.15) is 179 Å². The molecular formula is C73H117BF2N8O29. The third kappa shape index (κ3) is 30.2. The Bertz CT molecular complexity index is 3300. The van der Waals surface area contributed by atoms with Crippen LogP contribution in [0.15, 0.2) is 35.4 Å². The van der Waals surface area contributed by atoms with E-state index < -0.39 is 247 Å². The molecule has 22 atom stereocenters. The van der Waals surface area contributed by atoms with Crippen molar-refractivity contribution in [2.75, 3.05) is 33.0 Å². The quantitative estimate of drug-likeness (QED) is 0.0190. The van der Waals surface area contributed by atoms with Crippen molar-refractivity contribution in [2.24, 2.45) is 4.99 Å². The number of carbonyl (C=O) groups is 9. The molecule has 5 heterocycles. The molecule has 6 amide bonds. The second-order valence-corrected chi connectivity index (χ2v) is 29.1. The minimum atomic E-state index is -3.19. The molecular weight excluding hydrogens is 1500 g/mol. The number of aliphatic imine (C=N–C) groups is 1. The highest BCUT2D eigenvalue weighted by Crippen LogP contribution is 2.39. The zero-order valence-electron chi connectivity index (χ0n) is 64.4. The molecule has 3 saturated heterocycles. The van der Waals surface area contributed by atoms with E-state index in [4.69, 9.17) is 33.5 Å². The standard InChI is InChI=1S/C73H117BF2N8O29/c1-6-7-8-9-10-11-12-13-14-15-16-17-18-22-50(90)48(38-108-70-62(100)61(99)64(54(37-87)110-70)111-71-63(101)66(60(98)53(36-86)109-71)113-73(72(106)107)34-51(91)58(79-42(5)89)65(112-73)59(97)52(92)35-85)83-67(102)45(81-56(94)28-25-43-23-24-44(80-43)33-49-39(2)32-40(3)84(49)74(75)76)21-19-20-31-77-55(93)29-26-47(69(104)105)82-68(103)46(78-41(4)88)27-30-57(95)96/h18,22-24,32,44-48,50-54,58-66,70-71,85-87,90-92,97-101H,6-17,19-21,25-31,33-38H2,1-5H3,(H,77,93)(H,78,88)(H,79,89)(H,81,94)(H,82,103)(H,83,102)(H,95,96)(H,104,105)(H,106,107)/b22-18+/t44?,45-,46-,47-,48-,50?,51-,52+,53+,54+,58+,59+,60-,61+,62+,63+,64+,65+,66-,70+,71-,73+/m0/s1. The molecule has 4 aliphatic rings. The van der Waals surface area contributed by atoms with Gasteiger partial charge in [0.1, 0.15) is 85.3 Å². The number of nitrogens with zero attached hydrogens (tertiary/aromatic N) is 2. The first kappa shape index (κ1) is 96.5. The summed E-state index contributed by atoms with van der Waals surface area (Å²) in [7, 11) is -2.80. The number of allylic oxidation sites excluding steroid dienone is 2. The van der Waals surface area contributed by atoms with Gasteiger partial charge in [-0.15, -0.1) is 0 Å². The number of carboxylic acid groups (broad SMARTS) is 3. The third-order valence-electron chi connectivity index (χ3n) is 20.0. The number of aromatic nitrogens is 1. The van der Waals surface area contributed by atoms with Crippen molar-refractivity contribution in [3.63, 3.8) is 0 Å². The number of carbonyl (C=O) groups excluding carboxylic acids is 6. The molecule has 0 saturated carbocycles. The lowest BCUT2D eigenvalue weighted by atomic mass is 9.88. The van der Waals surface area contributed by atoms with Crippen LogP contribution in [0.2, 0.25) is 0 Å². The molecule has 37 nitrogen and oxygen atoms in total. The summed E-state index contributed by atoms with van der Waals surface area (Å²) in [4.78, 5) is 120. The van der Waals surface area contributed by atoms with Crippen molar-refractivity contribution in [1.82, 2.24) is 36.4 Å². The number of aryl methyl sites for hydroxylation is 2. The van der Waals surface area contributed by atoms with Gasteiger partial charge in [-0.2, -0.15) is 0 Å². The third-order valence-corrected chi connectivity index (χ3v) is 20.0. The maximum atomic E-state index is 14.8. The number of ether oxygens (including phenoxy) is 6. The number of aliphatic hydroxyl groups is 11. The van der Waals surface area contributed by atoms with Crippen LogP contribution in [0.25, 0.3) is 0 Å². The number of hydrogen-bond acceptors (Lipinski definition) is 27. The van der Waals surface area contributed by atoms with Crippen LogP contribution in [-0.2, 0) is 78.0 Å². The summed E-state index contributed by atoms with van der Waals surface area (Å²) in [6.45, 7) is 3.39. The fourth-order valence-electron chi connectivity index (χ4n) is 13.8. The van der Waals surface area contributed by atoms with E-state index in [1.54, 1.807) is 38.1 Å². The van der Waals surface area contributed by atoms with E-state index in [2.05, 4.69) is 43.8 Å². The molecule has 0 bridgehead atoms. The Balaban J connectivity index is 1.36. The van der Waals surface area contributed by atoms with Crippen LogP contribution in [-0.4, -0.2) is 309 Å². The zero-order chi connectivity index (χ0) is 83.8. The Morgan fingerprint density at radius 3 is 1.94 bits per heavy atom. The lowest BCUT2D eigenvalue weighted by molar-refractivity contribution is -0.386. The molecule has 0 aliphatic carbocycles. The van der Waals surface area contributed by atoms with Crippen LogP contribution < -0.4 is 31.9 Å². The lowest BCUT2D eigenvalue weighted by Gasteiger charge is -2.50. The molecule has 3 fully saturated rings. The number of halogens is 2. The number of hydrogen-bond donors (Lipinski definition) is 20. The number of rotatable bonds is 52. The van der Waals surface area contributed by atoms with Crippen LogP contribution in [0.4, 0.5) is 8.63 Å². The highest BCUT2D eigenvalue weighted by Gasteiger charge is 2.60. The fourth-order valence-corrected chi connectivity index (χ4v) is 13.8. The van der Waals surface area contributed by atoms with Crippen LogP contribution in [0, 0.1) is 13.8 Å². The Morgan fingerprint density at radius 2 is 1.34 bits per heavy atom. The summed E-state index contributed by atoms with van der Waals surface area (Å²) in [5, 5.41) is 166. The van der Waals surface area contributed by atoms with Crippen LogP contribution in [0.3, 0.4) is 0 Å². The van der Waals surface area contributed by atoms with Crippen LogP contribution in [0.5, 0.6) is 0 Å². The number of aliphatic carboxylic acids is 3. The van der Waals surface area contributed by atoms with E-state index in [9.17, 15) is 118 Å². The number of carboxylic acids is 3. The summed E-state index contributed by atoms with van der Waals surface area (Å²) < 4.78 is 64.0. The molecule has 40 heteroatoms. The Kier molecular flexibility index (Phi) is 41.4. The van der Waals surface area contributed by atoms with E-state index in [0.29, 0.717) is 29.1 Å². The van der Waals surface area contributed by atoms with Gasteiger partial charge < -0.3 is 136 Å². The molecule has 1 aromatic rings. The molecule has 113 heavy (non-hydrogen) atoms. The van der Waals surface area contributed by atoms with Gasteiger partial charge in [-0.25, -0.2) is 9.59 Å².